The summed E-state index contributed by atoms with van der Waals surface area (Å²) in [6.07, 6.45) is 3.93. The Morgan fingerprint density at radius 2 is 1.95 bits per heavy atom. The smallest absolute Gasteiger partial charge is 0.224 e. The van der Waals surface area contributed by atoms with Gasteiger partial charge in [0, 0.05) is 6.42 Å². The van der Waals surface area contributed by atoms with Gasteiger partial charge in [0.05, 0.1) is 11.9 Å². The van der Waals surface area contributed by atoms with Crippen LogP contribution in [0.1, 0.15) is 18.4 Å². The highest BCUT2D eigenvalue weighted by Crippen LogP contribution is 2.11. The molecule has 1 aromatic carbocycles. The van der Waals surface area contributed by atoms with E-state index in [9.17, 15) is 4.79 Å². The van der Waals surface area contributed by atoms with Crippen molar-refractivity contribution in [3.8, 4) is 0 Å². The molecular weight excluding hydrogens is 304 g/mol. The predicted molar refractivity (Wildman–Crippen MR) is 79.9 cm³/mol. The summed E-state index contributed by atoms with van der Waals surface area (Å²) in [5.74, 6) is 0.0278. The van der Waals surface area contributed by atoms with Crippen molar-refractivity contribution in [2.45, 2.75) is 19.3 Å². The fourth-order valence-electron chi connectivity index (χ4n) is 1.77. The number of rotatable bonds is 5. The van der Waals surface area contributed by atoms with E-state index in [-0.39, 0.29) is 5.91 Å². The molecule has 0 fully saturated rings. The van der Waals surface area contributed by atoms with E-state index in [1.165, 1.54) is 5.56 Å². The van der Waals surface area contributed by atoms with Crippen molar-refractivity contribution in [2.75, 3.05) is 5.32 Å². The van der Waals surface area contributed by atoms with Crippen molar-refractivity contribution in [1.82, 2.24) is 4.98 Å². The molecule has 0 aliphatic carbocycles. The number of carbonyl (C=O) groups is 1. The summed E-state index contributed by atoms with van der Waals surface area (Å²) in [6.45, 7) is 0. The summed E-state index contributed by atoms with van der Waals surface area (Å²) in [5, 5.41) is 2.83. The molecule has 1 amide bonds. The minimum atomic E-state index is 0.0278. The number of benzene rings is 1. The van der Waals surface area contributed by atoms with Crippen molar-refractivity contribution in [3.05, 3.63) is 58.8 Å². The Balaban J connectivity index is 1.74. The lowest BCUT2D eigenvalue weighted by atomic mass is 10.1. The Morgan fingerprint density at radius 3 is 2.63 bits per heavy atom. The molecule has 98 valence electrons. The molecule has 19 heavy (non-hydrogen) atoms. The first kappa shape index (κ1) is 13.7. The molecule has 0 atom stereocenters. The van der Waals surface area contributed by atoms with Crippen LogP contribution in [0.2, 0.25) is 0 Å². The third-order valence-electron chi connectivity index (χ3n) is 2.72. The normalized spacial score (nSPS) is 10.2. The summed E-state index contributed by atoms with van der Waals surface area (Å²) in [6, 6.07) is 13.8. The van der Waals surface area contributed by atoms with Gasteiger partial charge in [0.1, 0.15) is 4.60 Å². The average Bonchev–Trinajstić information content (AvgIpc) is 2.43. The summed E-state index contributed by atoms with van der Waals surface area (Å²) in [7, 11) is 0. The number of nitrogens with zero attached hydrogens (tertiary/aromatic N) is 1. The number of hydrogen-bond acceptors (Lipinski definition) is 2. The summed E-state index contributed by atoms with van der Waals surface area (Å²) >= 11 is 3.26. The standard InChI is InChI=1S/C15H15BrN2O/c16-14-10-9-13(11-17-14)18-15(19)8-4-7-12-5-2-1-3-6-12/h1-3,5-6,9-11H,4,7-8H2,(H,18,19). The number of halogens is 1. The van der Waals surface area contributed by atoms with Crippen LogP contribution in [0.4, 0.5) is 5.69 Å². The fourth-order valence-corrected chi connectivity index (χ4v) is 2.01. The number of aryl methyl sites for hydroxylation is 1. The third-order valence-corrected chi connectivity index (χ3v) is 3.19. The Labute approximate surface area is 121 Å². The van der Waals surface area contributed by atoms with Crippen molar-refractivity contribution < 1.29 is 4.79 Å². The largest absolute Gasteiger partial charge is 0.325 e. The molecule has 4 heteroatoms. The molecule has 0 radical (unpaired) electrons. The maximum atomic E-state index is 11.7. The van der Waals surface area contributed by atoms with Gasteiger partial charge in [0.15, 0.2) is 0 Å². The number of nitrogens with one attached hydrogen (secondary N) is 1. The molecule has 2 rings (SSSR count). The molecule has 1 aromatic heterocycles. The molecule has 0 aliphatic heterocycles. The third kappa shape index (κ3) is 4.83. The number of amides is 1. The summed E-state index contributed by atoms with van der Waals surface area (Å²) < 4.78 is 0.759. The molecule has 0 unspecified atom stereocenters. The molecule has 0 bridgehead atoms. The van der Waals surface area contributed by atoms with Crippen molar-refractivity contribution in [3.63, 3.8) is 0 Å². The second-order valence-corrected chi connectivity index (χ2v) is 5.07. The number of carbonyl (C=O) groups excluding carboxylic acids is 1. The Bertz CT molecular complexity index is 526. The van der Waals surface area contributed by atoms with Crippen molar-refractivity contribution >= 4 is 27.5 Å². The lowest BCUT2D eigenvalue weighted by Gasteiger charge is -2.05. The van der Waals surface area contributed by atoms with E-state index in [4.69, 9.17) is 0 Å². The van der Waals surface area contributed by atoms with Gasteiger partial charge in [-0.15, -0.1) is 0 Å². The van der Waals surface area contributed by atoms with Gasteiger partial charge < -0.3 is 5.32 Å². The number of aromatic nitrogens is 1. The molecule has 1 heterocycles. The topological polar surface area (TPSA) is 42.0 Å². The quantitative estimate of drug-likeness (QED) is 0.852. The number of hydrogen-bond donors (Lipinski definition) is 1. The second-order valence-electron chi connectivity index (χ2n) is 4.26. The Kier molecular flexibility index (Phi) is 5.10. The highest BCUT2D eigenvalue weighted by atomic mass is 79.9. The lowest BCUT2D eigenvalue weighted by molar-refractivity contribution is -0.116. The van der Waals surface area contributed by atoms with E-state index in [1.807, 2.05) is 24.3 Å². The van der Waals surface area contributed by atoms with Crippen molar-refractivity contribution in [2.24, 2.45) is 0 Å². The molecule has 2 aromatic rings. The molecule has 0 spiro atoms. The van der Waals surface area contributed by atoms with Crippen LogP contribution >= 0.6 is 15.9 Å². The molecule has 0 saturated heterocycles. The molecular formula is C15H15BrN2O. The van der Waals surface area contributed by atoms with Crippen LogP contribution in [0.25, 0.3) is 0 Å². The Morgan fingerprint density at radius 1 is 1.16 bits per heavy atom. The van der Waals surface area contributed by atoms with Gasteiger partial charge >= 0.3 is 0 Å². The van der Waals surface area contributed by atoms with E-state index in [0.717, 1.165) is 23.1 Å². The first-order valence-corrected chi connectivity index (χ1v) is 6.99. The van der Waals surface area contributed by atoms with Crippen LogP contribution < -0.4 is 5.32 Å². The first-order valence-electron chi connectivity index (χ1n) is 6.19. The van der Waals surface area contributed by atoms with Gasteiger partial charge in [-0.05, 0) is 46.5 Å². The molecule has 3 nitrogen and oxygen atoms in total. The zero-order chi connectivity index (χ0) is 13.5. The second kappa shape index (κ2) is 7.04. The van der Waals surface area contributed by atoms with E-state index >= 15 is 0 Å². The van der Waals surface area contributed by atoms with E-state index in [1.54, 1.807) is 12.3 Å². The van der Waals surface area contributed by atoms with Crippen LogP contribution in [0.15, 0.2) is 53.3 Å². The van der Waals surface area contributed by atoms with Gasteiger partial charge in [-0.1, -0.05) is 30.3 Å². The maximum absolute atomic E-state index is 11.7. The lowest BCUT2D eigenvalue weighted by Crippen LogP contribution is -2.11. The van der Waals surface area contributed by atoms with Crippen LogP contribution in [-0.2, 0) is 11.2 Å². The molecule has 0 aliphatic rings. The Hall–Kier alpha value is -1.68. The fraction of sp³-hybridized carbons (Fsp3) is 0.200. The molecule has 1 N–H and O–H groups in total. The average molecular weight is 319 g/mol. The zero-order valence-electron chi connectivity index (χ0n) is 10.5. The van der Waals surface area contributed by atoms with E-state index in [2.05, 4.69) is 38.4 Å². The summed E-state index contributed by atoms with van der Waals surface area (Å²) in [4.78, 5) is 15.8. The minimum Gasteiger partial charge on any atom is -0.325 e. The maximum Gasteiger partial charge on any atom is 0.224 e. The van der Waals surface area contributed by atoms with Crippen LogP contribution in [0.3, 0.4) is 0 Å². The summed E-state index contributed by atoms with van der Waals surface area (Å²) in [5.41, 5.74) is 1.99. The van der Waals surface area contributed by atoms with Crippen LogP contribution in [0.5, 0.6) is 0 Å². The SMILES string of the molecule is O=C(CCCc1ccccc1)Nc1ccc(Br)nc1. The van der Waals surface area contributed by atoms with E-state index in [0.29, 0.717) is 6.42 Å². The van der Waals surface area contributed by atoms with Crippen LogP contribution in [0, 0.1) is 0 Å². The van der Waals surface area contributed by atoms with E-state index < -0.39 is 0 Å². The van der Waals surface area contributed by atoms with Gasteiger partial charge in [-0.25, -0.2) is 4.98 Å². The van der Waals surface area contributed by atoms with Crippen molar-refractivity contribution in [1.29, 1.82) is 0 Å². The highest BCUT2D eigenvalue weighted by molar-refractivity contribution is 9.10. The van der Waals surface area contributed by atoms with Gasteiger partial charge in [0.2, 0.25) is 5.91 Å². The number of anilines is 1. The number of pyridine rings is 1. The van der Waals surface area contributed by atoms with Gasteiger partial charge in [-0.2, -0.15) is 0 Å². The predicted octanol–water partition coefficient (Wildman–Crippen LogP) is 3.81. The minimum absolute atomic E-state index is 0.0278. The zero-order valence-corrected chi connectivity index (χ0v) is 12.1. The highest BCUT2D eigenvalue weighted by Gasteiger charge is 2.03. The van der Waals surface area contributed by atoms with Gasteiger partial charge in [-0.3, -0.25) is 4.79 Å². The molecule has 0 saturated carbocycles. The first-order chi connectivity index (χ1) is 9.24. The van der Waals surface area contributed by atoms with Crippen LogP contribution in [-0.4, -0.2) is 10.9 Å². The monoisotopic (exact) mass is 318 g/mol. The van der Waals surface area contributed by atoms with Gasteiger partial charge in [0.25, 0.3) is 0 Å².